The van der Waals surface area contributed by atoms with Crippen molar-refractivity contribution in [2.75, 3.05) is 11.9 Å². The van der Waals surface area contributed by atoms with E-state index >= 15 is 0 Å². The summed E-state index contributed by atoms with van der Waals surface area (Å²) in [6.45, 7) is 4.79. The highest BCUT2D eigenvalue weighted by Gasteiger charge is 2.31. The molecular weight excluding hydrogens is 278 g/mol. The number of carbonyl (C=O) groups excluding carboxylic acids is 1. The highest BCUT2D eigenvalue weighted by atomic mass is 16.5. The Hall–Kier alpha value is -2.30. The highest BCUT2D eigenvalue weighted by Crippen LogP contribution is 2.39. The van der Waals surface area contributed by atoms with Gasteiger partial charge in [-0.15, -0.1) is 0 Å². The molecule has 0 saturated heterocycles. The van der Waals surface area contributed by atoms with Crippen LogP contribution in [0.25, 0.3) is 0 Å². The van der Waals surface area contributed by atoms with Crippen LogP contribution < -0.4 is 10.1 Å². The van der Waals surface area contributed by atoms with Crippen LogP contribution in [-0.2, 0) is 11.8 Å². The number of nitrogens with one attached hydrogen (secondary N) is 1. The van der Waals surface area contributed by atoms with Crippen LogP contribution in [0.5, 0.6) is 5.75 Å². The lowest BCUT2D eigenvalue weighted by atomic mass is 9.86. The molecule has 1 N–H and O–H groups in total. The molecule has 22 heavy (non-hydrogen) atoms. The van der Waals surface area contributed by atoms with Crippen molar-refractivity contribution in [1.82, 2.24) is 9.78 Å². The van der Waals surface area contributed by atoms with E-state index in [0.29, 0.717) is 6.42 Å². The number of fused-ring (bicyclic) bond motifs is 1. The quantitative estimate of drug-likeness (QED) is 0.944. The summed E-state index contributed by atoms with van der Waals surface area (Å²) in [5.41, 5.74) is 3.20. The third-order valence-corrected chi connectivity index (χ3v) is 4.02. The molecule has 0 fully saturated rings. The van der Waals surface area contributed by atoms with Gasteiger partial charge in [0.15, 0.2) is 0 Å². The van der Waals surface area contributed by atoms with Crippen LogP contribution in [0.4, 0.5) is 5.82 Å². The predicted molar refractivity (Wildman–Crippen MR) is 85.3 cm³/mol. The van der Waals surface area contributed by atoms with Gasteiger partial charge >= 0.3 is 0 Å². The molecule has 1 aromatic carbocycles. The van der Waals surface area contributed by atoms with Crippen LogP contribution in [0.1, 0.15) is 42.5 Å². The third-order valence-electron chi connectivity index (χ3n) is 4.02. The van der Waals surface area contributed by atoms with Gasteiger partial charge in [0, 0.05) is 24.9 Å². The Morgan fingerprint density at radius 2 is 2.09 bits per heavy atom. The van der Waals surface area contributed by atoms with Gasteiger partial charge in [0.05, 0.1) is 12.3 Å². The van der Waals surface area contributed by atoms with Crippen LogP contribution in [0.15, 0.2) is 24.3 Å². The number of hydrogen-bond acceptors (Lipinski definition) is 3. The van der Waals surface area contributed by atoms with Gasteiger partial charge in [-0.3, -0.25) is 9.48 Å². The van der Waals surface area contributed by atoms with E-state index in [1.165, 1.54) is 0 Å². The standard InChI is InChI=1S/C17H21N3O2/c1-4-9-22-13-7-5-12(6-8-13)14-10-15(21)18-17-16(14)11(2)19-20(17)3/h5-8,14H,4,9-10H2,1-3H3,(H,18,21). The number of aryl methyl sites for hydroxylation is 2. The first-order chi connectivity index (χ1) is 10.6. The molecule has 1 aliphatic rings. The largest absolute Gasteiger partial charge is 0.494 e. The van der Waals surface area contributed by atoms with E-state index in [2.05, 4.69) is 17.3 Å². The van der Waals surface area contributed by atoms with Crippen molar-refractivity contribution in [2.45, 2.75) is 32.6 Å². The molecule has 1 atom stereocenters. The van der Waals surface area contributed by atoms with Gasteiger partial charge in [-0.2, -0.15) is 5.10 Å². The number of anilines is 1. The first-order valence-corrected chi connectivity index (χ1v) is 7.66. The summed E-state index contributed by atoms with van der Waals surface area (Å²) in [5, 5.41) is 7.36. The molecule has 2 aromatic rings. The molecule has 1 aromatic heterocycles. The van der Waals surface area contributed by atoms with Crippen molar-refractivity contribution in [1.29, 1.82) is 0 Å². The Labute approximate surface area is 130 Å². The molecule has 0 aliphatic carbocycles. The normalized spacial score (nSPS) is 17.0. The lowest BCUT2D eigenvalue weighted by molar-refractivity contribution is -0.116. The maximum Gasteiger partial charge on any atom is 0.226 e. The van der Waals surface area contributed by atoms with Crippen LogP contribution in [0, 0.1) is 6.92 Å². The van der Waals surface area contributed by atoms with E-state index in [-0.39, 0.29) is 11.8 Å². The Morgan fingerprint density at radius 1 is 1.36 bits per heavy atom. The fourth-order valence-electron chi connectivity index (χ4n) is 3.01. The summed E-state index contributed by atoms with van der Waals surface area (Å²) in [6, 6.07) is 8.04. The Morgan fingerprint density at radius 3 is 2.77 bits per heavy atom. The van der Waals surface area contributed by atoms with E-state index in [0.717, 1.165) is 41.4 Å². The van der Waals surface area contributed by atoms with E-state index in [4.69, 9.17) is 4.74 Å². The zero-order valence-electron chi connectivity index (χ0n) is 13.2. The Balaban J connectivity index is 1.93. The average molecular weight is 299 g/mol. The predicted octanol–water partition coefficient (Wildman–Crippen LogP) is 2.99. The highest BCUT2D eigenvalue weighted by molar-refractivity contribution is 5.94. The molecule has 1 amide bonds. The topological polar surface area (TPSA) is 56.1 Å². The first kappa shape index (κ1) is 14.6. The van der Waals surface area contributed by atoms with E-state index in [9.17, 15) is 4.79 Å². The van der Waals surface area contributed by atoms with Gasteiger partial charge in [-0.25, -0.2) is 0 Å². The molecule has 1 unspecified atom stereocenters. The van der Waals surface area contributed by atoms with Gasteiger partial charge in [0.2, 0.25) is 5.91 Å². The van der Waals surface area contributed by atoms with Crippen molar-refractivity contribution in [3.8, 4) is 5.75 Å². The minimum atomic E-state index is 0.0341. The molecule has 0 spiro atoms. The SMILES string of the molecule is CCCOc1ccc(C2CC(=O)Nc3c2c(C)nn3C)cc1. The van der Waals surface area contributed by atoms with Crippen molar-refractivity contribution in [3.05, 3.63) is 41.1 Å². The van der Waals surface area contributed by atoms with Crippen LogP contribution in [0.2, 0.25) is 0 Å². The van der Waals surface area contributed by atoms with E-state index < -0.39 is 0 Å². The fraction of sp³-hybridized carbons (Fsp3) is 0.412. The van der Waals surface area contributed by atoms with Crippen molar-refractivity contribution < 1.29 is 9.53 Å². The number of benzene rings is 1. The second kappa shape index (κ2) is 5.83. The molecule has 1 aliphatic heterocycles. The number of carbonyl (C=O) groups is 1. The van der Waals surface area contributed by atoms with Crippen molar-refractivity contribution in [3.63, 3.8) is 0 Å². The van der Waals surface area contributed by atoms with Crippen molar-refractivity contribution >= 4 is 11.7 Å². The van der Waals surface area contributed by atoms with Crippen LogP contribution in [0.3, 0.4) is 0 Å². The number of rotatable bonds is 4. The maximum absolute atomic E-state index is 12.0. The van der Waals surface area contributed by atoms with E-state index in [1.807, 2.05) is 38.2 Å². The minimum Gasteiger partial charge on any atom is -0.494 e. The van der Waals surface area contributed by atoms with Gasteiger partial charge in [-0.05, 0) is 31.0 Å². The van der Waals surface area contributed by atoms with Gasteiger partial charge < -0.3 is 10.1 Å². The molecule has 2 heterocycles. The summed E-state index contributed by atoms with van der Waals surface area (Å²) < 4.78 is 7.36. The number of amides is 1. The molecule has 5 nitrogen and oxygen atoms in total. The molecule has 116 valence electrons. The monoisotopic (exact) mass is 299 g/mol. The second-order valence-electron chi connectivity index (χ2n) is 5.69. The van der Waals surface area contributed by atoms with E-state index in [1.54, 1.807) is 4.68 Å². The third kappa shape index (κ3) is 2.58. The van der Waals surface area contributed by atoms with Crippen LogP contribution >= 0.6 is 0 Å². The zero-order chi connectivity index (χ0) is 15.7. The lowest BCUT2D eigenvalue weighted by Crippen LogP contribution is -2.24. The molecule has 3 rings (SSSR count). The second-order valence-corrected chi connectivity index (χ2v) is 5.69. The number of hydrogen-bond donors (Lipinski definition) is 1. The Bertz CT molecular complexity index is 689. The number of nitrogens with zero attached hydrogens (tertiary/aromatic N) is 2. The molecular formula is C17H21N3O2. The Kier molecular flexibility index (Phi) is 3.88. The van der Waals surface area contributed by atoms with Crippen molar-refractivity contribution in [2.24, 2.45) is 7.05 Å². The summed E-state index contributed by atoms with van der Waals surface area (Å²) in [4.78, 5) is 12.0. The number of aromatic nitrogens is 2. The lowest BCUT2D eigenvalue weighted by Gasteiger charge is -2.24. The summed E-state index contributed by atoms with van der Waals surface area (Å²) >= 11 is 0. The summed E-state index contributed by atoms with van der Waals surface area (Å²) in [6.07, 6.45) is 1.44. The molecule has 0 saturated carbocycles. The van der Waals surface area contributed by atoms with Gasteiger partial charge in [0.25, 0.3) is 0 Å². The first-order valence-electron chi connectivity index (χ1n) is 7.66. The molecule has 0 radical (unpaired) electrons. The zero-order valence-corrected chi connectivity index (χ0v) is 13.2. The number of ether oxygens (including phenoxy) is 1. The smallest absolute Gasteiger partial charge is 0.226 e. The average Bonchev–Trinajstić information content (AvgIpc) is 2.79. The summed E-state index contributed by atoms with van der Waals surface area (Å²) in [7, 11) is 1.86. The van der Waals surface area contributed by atoms with Crippen LogP contribution in [-0.4, -0.2) is 22.3 Å². The maximum atomic E-state index is 12.0. The van der Waals surface area contributed by atoms with Gasteiger partial charge in [-0.1, -0.05) is 19.1 Å². The minimum absolute atomic E-state index is 0.0341. The molecule has 0 bridgehead atoms. The molecule has 5 heteroatoms. The summed E-state index contributed by atoms with van der Waals surface area (Å²) in [5.74, 6) is 1.77. The van der Waals surface area contributed by atoms with Gasteiger partial charge in [0.1, 0.15) is 11.6 Å². The fourth-order valence-corrected chi connectivity index (χ4v) is 3.01.